The molecule has 0 saturated heterocycles. The van der Waals surface area contributed by atoms with Crippen LogP contribution in [0.1, 0.15) is 30.7 Å². The Kier molecular flexibility index (Phi) is 4.52. The molecule has 0 unspecified atom stereocenters. The Morgan fingerprint density at radius 3 is 2.59 bits per heavy atom. The summed E-state index contributed by atoms with van der Waals surface area (Å²) >= 11 is 6.27. The van der Waals surface area contributed by atoms with Gasteiger partial charge in [-0.1, -0.05) is 31.5 Å². The molecule has 0 aliphatic carbocycles. The number of halogens is 3. The lowest BCUT2D eigenvalue weighted by Gasteiger charge is -2.30. The minimum atomic E-state index is -0.809. The van der Waals surface area contributed by atoms with Crippen molar-refractivity contribution in [3.63, 3.8) is 0 Å². The molecule has 2 heterocycles. The molecule has 142 valence electrons. The van der Waals surface area contributed by atoms with Crippen LogP contribution in [0.25, 0.3) is 10.9 Å². The van der Waals surface area contributed by atoms with Gasteiger partial charge < -0.3 is 9.47 Å². The first-order valence-electron chi connectivity index (χ1n) is 9.20. The Balaban J connectivity index is 1.83. The molecule has 0 amide bonds. The molecule has 1 aliphatic rings. The van der Waals surface area contributed by atoms with Gasteiger partial charge in [0.15, 0.2) is 11.6 Å². The standard InChI is InChI=1S/C22H23ClF2N2/c1-22(2,14-4-6-18(24)19(25)10-14)13-27-20-7-5-15(23)11-16(20)17-12-26(3)9-8-21(17)27/h4-7,10-11H,8-9,12-13H2,1-3H3. The summed E-state index contributed by atoms with van der Waals surface area (Å²) in [4.78, 5) is 2.31. The summed E-state index contributed by atoms with van der Waals surface area (Å²) in [6, 6.07) is 10.2. The third-order valence-corrected chi connectivity index (χ3v) is 5.90. The summed E-state index contributed by atoms with van der Waals surface area (Å²) in [6.45, 7) is 6.73. The zero-order valence-corrected chi connectivity index (χ0v) is 16.6. The topological polar surface area (TPSA) is 8.17 Å². The van der Waals surface area contributed by atoms with Crippen LogP contribution in [0.4, 0.5) is 8.78 Å². The van der Waals surface area contributed by atoms with Gasteiger partial charge in [0, 0.05) is 53.1 Å². The van der Waals surface area contributed by atoms with Crippen molar-refractivity contribution in [3.8, 4) is 0 Å². The minimum absolute atomic E-state index is 0.350. The summed E-state index contributed by atoms with van der Waals surface area (Å²) in [6.07, 6.45) is 0.964. The highest BCUT2D eigenvalue weighted by Crippen LogP contribution is 2.36. The lowest BCUT2D eigenvalue weighted by Crippen LogP contribution is -2.30. The molecule has 0 spiro atoms. The van der Waals surface area contributed by atoms with Gasteiger partial charge in [0.1, 0.15) is 0 Å². The van der Waals surface area contributed by atoms with Crippen molar-refractivity contribution >= 4 is 22.5 Å². The molecule has 0 radical (unpaired) electrons. The Labute approximate surface area is 163 Å². The van der Waals surface area contributed by atoms with E-state index in [1.54, 1.807) is 6.07 Å². The largest absolute Gasteiger partial charge is 0.343 e. The SMILES string of the molecule is CN1CCc2c(c3cc(Cl)ccc3n2CC(C)(C)c2ccc(F)c(F)c2)C1. The molecule has 3 aromatic rings. The maximum Gasteiger partial charge on any atom is 0.159 e. The predicted octanol–water partition coefficient (Wildman–Crippen LogP) is 5.54. The third kappa shape index (κ3) is 3.26. The average molecular weight is 389 g/mol. The van der Waals surface area contributed by atoms with Gasteiger partial charge in [0.25, 0.3) is 0 Å². The predicted molar refractivity (Wildman–Crippen MR) is 106 cm³/mol. The maximum absolute atomic E-state index is 13.8. The Bertz CT molecular complexity index is 1020. The number of fused-ring (bicyclic) bond motifs is 3. The average Bonchev–Trinajstić information content (AvgIpc) is 2.89. The molecule has 4 rings (SSSR count). The number of benzene rings is 2. The van der Waals surface area contributed by atoms with Crippen molar-refractivity contribution < 1.29 is 8.78 Å². The van der Waals surface area contributed by atoms with Gasteiger partial charge in [-0.25, -0.2) is 8.78 Å². The van der Waals surface area contributed by atoms with Crippen molar-refractivity contribution in [3.05, 3.63) is 69.9 Å². The Morgan fingerprint density at radius 2 is 1.85 bits per heavy atom. The number of rotatable bonds is 3. The van der Waals surface area contributed by atoms with Crippen molar-refractivity contribution in [1.82, 2.24) is 9.47 Å². The monoisotopic (exact) mass is 388 g/mol. The van der Waals surface area contributed by atoms with Crippen LogP contribution in [0.2, 0.25) is 5.02 Å². The van der Waals surface area contributed by atoms with Crippen LogP contribution in [-0.4, -0.2) is 23.1 Å². The van der Waals surface area contributed by atoms with Gasteiger partial charge in [-0.3, -0.25) is 0 Å². The summed E-state index contributed by atoms with van der Waals surface area (Å²) in [5.41, 5.74) is 4.23. The number of aromatic nitrogens is 1. The van der Waals surface area contributed by atoms with Gasteiger partial charge in [-0.15, -0.1) is 0 Å². The summed E-state index contributed by atoms with van der Waals surface area (Å²) in [7, 11) is 2.13. The summed E-state index contributed by atoms with van der Waals surface area (Å²) in [5.74, 6) is -1.61. The zero-order chi connectivity index (χ0) is 19.3. The van der Waals surface area contributed by atoms with E-state index in [0.717, 1.165) is 35.6 Å². The Hall–Kier alpha value is -1.91. The van der Waals surface area contributed by atoms with E-state index in [0.29, 0.717) is 6.54 Å². The first-order chi connectivity index (χ1) is 12.8. The van der Waals surface area contributed by atoms with Crippen LogP contribution in [0.3, 0.4) is 0 Å². The second-order valence-electron chi connectivity index (χ2n) is 8.17. The van der Waals surface area contributed by atoms with E-state index in [4.69, 9.17) is 11.6 Å². The number of hydrogen-bond acceptors (Lipinski definition) is 1. The molecule has 27 heavy (non-hydrogen) atoms. The fourth-order valence-electron chi connectivity index (χ4n) is 4.14. The van der Waals surface area contributed by atoms with E-state index in [1.807, 2.05) is 12.1 Å². The van der Waals surface area contributed by atoms with E-state index in [2.05, 4.69) is 36.4 Å². The van der Waals surface area contributed by atoms with Gasteiger partial charge in [-0.05, 0) is 48.5 Å². The summed E-state index contributed by atoms with van der Waals surface area (Å²) in [5, 5.41) is 1.92. The summed E-state index contributed by atoms with van der Waals surface area (Å²) < 4.78 is 29.5. The molecule has 0 saturated carbocycles. The maximum atomic E-state index is 13.8. The quantitative estimate of drug-likeness (QED) is 0.572. The molecule has 1 aromatic heterocycles. The van der Waals surface area contributed by atoms with Crippen LogP contribution in [-0.2, 0) is 24.9 Å². The lowest BCUT2D eigenvalue weighted by molar-refractivity contribution is 0.306. The van der Waals surface area contributed by atoms with Gasteiger partial charge in [0.05, 0.1) is 0 Å². The second-order valence-corrected chi connectivity index (χ2v) is 8.61. The van der Waals surface area contributed by atoms with Crippen LogP contribution in [0.5, 0.6) is 0 Å². The van der Waals surface area contributed by atoms with Gasteiger partial charge in [0.2, 0.25) is 0 Å². The van der Waals surface area contributed by atoms with Crippen molar-refractivity contribution in [1.29, 1.82) is 0 Å². The first-order valence-corrected chi connectivity index (χ1v) is 9.57. The van der Waals surface area contributed by atoms with E-state index >= 15 is 0 Å². The highest BCUT2D eigenvalue weighted by molar-refractivity contribution is 6.31. The molecule has 1 aliphatic heterocycles. The minimum Gasteiger partial charge on any atom is -0.343 e. The molecular formula is C22H23ClF2N2. The van der Waals surface area contributed by atoms with Crippen molar-refractivity contribution in [2.24, 2.45) is 0 Å². The van der Waals surface area contributed by atoms with Gasteiger partial charge in [-0.2, -0.15) is 0 Å². The molecule has 0 bridgehead atoms. The van der Waals surface area contributed by atoms with Crippen LogP contribution in [0.15, 0.2) is 36.4 Å². The molecule has 0 N–H and O–H groups in total. The van der Waals surface area contributed by atoms with Gasteiger partial charge >= 0.3 is 0 Å². The first kappa shape index (κ1) is 18.5. The smallest absolute Gasteiger partial charge is 0.159 e. The normalized spacial score (nSPS) is 15.3. The molecule has 2 nitrogen and oxygen atoms in total. The van der Waals surface area contributed by atoms with Crippen molar-refractivity contribution in [2.75, 3.05) is 13.6 Å². The van der Waals surface area contributed by atoms with Crippen LogP contribution < -0.4 is 0 Å². The number of nitrogens with zero attached hydrogens (tertiary/aromatic N) is 2. The van der Waals surface area contributed by atoms with Crippen LogP contribution in [0, 0.1) is 11.6 Å². The molecule has 0 atom stereocenters. The molecule has 2 aromatic carbocycles. The van der Waals surface area contributed by atoms with E-state index in [9.17, 15) is 8.78 Å². The van der Waals surface area contributed by atoms with E-state index in [-0.39, 0.29) is 5.41 Å². The van der Waals surface area contributed by atoms with Crippen molar-refractivity contribution in [2.45, 2.75) is 38.8 Å². The lowest BCUT2D eigenvalue weighted by atomic mass is 9.84. The number of hydrogen-bond donors (Lipinski definition) is 0. The molecular weight excluding hydrogens is 366 g/mol. The highest BCUT2D eigenvalue weighted by Gasteiger charge is 2.28. The second kappa shape index (κ2) is 6.61. The fraction of sp³-hybridized carbons (Fsp3) is 0.364. The zero-order valence-electron chi connectivity index (χ0n) is 15.8. The van der Waals surface area contributed by atoms with E-state index in [1.165, 1.54) is 28.8 Å². The molecule has 5 heteroatoms. The highest BCUT2D eigenvalue weighted by atomic mass is 35.5. The van der Waals surface area contributed by atoms with E-state index < -0.39 is 11.6 Å². The number of likely N-dealkylation sites (N-methyl/N-ethyl adjacent to an activating group) is 1. The Morgan fingerprint density at radius 1 is 1.07 bits per heavy atom. The molecule has 0 fully saturated rings. The third-order valence-electron chi connectivity index (χ3n) is 5.66. The fourth-order valence-corrected chi connectivity index (χ4v) is 4.31. The van der Waals surface area contributed by atoms with Crippen LogP contribution >= 0.6 is 11.6 Å².